The van der Waals surface area contributed by atoms with Gasteiger partial charge in [-0.3, -0.25) is 14.5 Å². The smallest absolute Gasteiger partial charge is 0.337 e. The van der Waals surface area contributed by atoms with Crippen molar-refractivity contribution in [3.05, 3.63) is 29.8 Å². The predicted molar refractivity (Wildman–Crippen MR) is 78.1 cm³/mol. The van der Waals surface area contributed by atoms with Crippen LogP contribution in [-0.2, 0) is 14.3 Å². The molecule has 5 heteroatoms. The van der Waals surface area contributed by atoms with Gasteiger partial charge in [-0.2, -0.15) is 0 Å². The van der Waals surface area contributed by atoms with E-state index in [1.165, 1.54) is 12.0 Å². The van der Waals surface area contributed by atoms with Crippen LogP contribution in [0.3, 0.4) is 0 Å². The van der Waals surface area contributed by atoms with Crippen LogP contribution in [-0.4, -0.2) is 24.9 Å². The summed E-state index contributed by atoms with van der Waals surface area (Å²) in [6, 6.07) is 6.46. The molecule has 1 saturated heterocycles. The van der Waals surface area contributed by atoms with E-state index in [-0.39, 0.29) is 23.7 Å². The molecule has 22 heavy (non-hydrogen) atoms. The highest BCUT2D eigenvalue weighted by molar-refractivity contribution is 6.22. The van der Waals surface area contributed by atoms with Crippen molar-refractivity contribution >= 4 is 23.5 Å². The highest BCUT2D eigenvalue weighted by atomic mass is 16.5. The molecule has 2 saturated carbocycles. The molecule has 3 fully saturated rings. The van der Waals surface area contributed by atoms with Gasteiger partial charge < -0.3 is 4.74 Å². The molecule has 0 spiro atoms. The molecule has 1 aliphatic heterocycles. The molecule has 0 radical (unpaired) electrons. The van der Waals surface area contributed by atoms with Crippen molar-refractivity contribution in [2.24, 2.45) is 23.7 Å². The van der Waals surface area contributed by atoms with Gasteiger partial charge in [0.1, 0.15) is 0 Å². The van der Waals surface area contributed by atoms with E-state index in [0.29, 0.717) is 23.1 Å². The Kier molecular flexibility index (Phi) is 2.86. The quantitative estimate of drug-likeness (QED) is 0.619. The van der Waals surface area contributed by atoms with Gasteiger partial charge in [-0.05, 0) is 55.4 Å². The maximum atomic E-state index is 12.7. The van der Waals surface area contributed by atoms with E-state index in [2.05, 4.69) is 4.74 Å². The van der Waals surface area contributed by atoms with Gasteiger partial charge in [-0.15, -0.1) is 0 Å². The van der Waals surface area contributed by atoms with Crippen LogP contribution in [0.25, 0.3) is 0 Å². The normalized spacial score (nSPS) is 32.5. The molecule has 2 aliphatic carbocycles. The number of anilines is 1. The third-order valence-corrected chi connectivity index (χ3v) is 5.47. The number of carbonyl (C=O) groups excluding carboxylic acids is 3. The minimum atomic E-state index is -0.430. The largest absolute Gasteiger partial charge is 0.465 e. The Hall–Kier alpha value is -2.17. The number of esters is 1. The molecule has 1 aromatic carbocycles. The summed E-state index contributed by atoms with van der Waals surface area (Å²) in [5, 5.41) is 0. The fraction of sp³-hybridized carbons (Fsp3) is 0.471. The molecule has 0 unspecified atom stereocenters. The summed E-state index contributed by atoms with van der Waals surface area (Å²) in [5.41, 5.74) is 0.960. The number of ether oxygens (including phenoxy) is 1. The van der Waals surface area contributed by atoms with E-state index in [1.807, 2.05) is 0 Å². The van der Waals surface area contributed by atoms with Gasteiger partial charge in [0.25, 0.3) is 0 Å². The lowest BCUT2D eigenvalue weighted by atomic mass is 9.81. The minimum absolute atomic E-state index is 0.0620. The molecule has 4 rings (SSSR count). The SMILES string of the molecule is COC(=O)c1ccc(N2C(=O)[C@H]3[C@@H]4CC[C@@H](C4)[C@@H]3C2=O)cc1. The number of carbonyl (C=O) groups is 3. The maximum absolute atomic E-state index is 12.7. The van der Waals surface area contributed by atoms with Crippen molar-refractivity contribution < 1.29 is 19.1 Å². The summed E-state index contributed by atoms with van der Waals surface area (Å²) in [7, 11) is 1.32. The molecule has 1 aromatic rings. The molecule has 2 bridgehead atoms. The zero-order chi connectivity index (χ0) is 15.4. The highest BCUT2D eigenvalue weighted by Gasteiger charge is 2.61. The summed E-state index contributed by atoms with van der Waals surface area (Å²) >= 11 is 0. The van der Waals surface area contributed by atoms with Crippen molar-refractivity contribution in [3.8, 4) is 0 Å². The van der Waals surface area contributed by atoms with Crippen molar-refractivity contribution in [1.29, 1.82) is 0 Å². The highest BCUT2D eigenvalue weighted by Crippen LogP contribution is 2.56. The van der Waals surface area contributed by atoms with Crippen LogP contribution in [0.5, 0.6) is 0 Å². The van der Waals surface area contributed by atoms with Gasteiger partial charge in [0.2, 0.25) is 11.8 Å². The number of hydrogen-bond donors (Lipinski definition) is 0. The van der Waals surface area contributed by atoms with Crippen molar-refractivity contribution in [1.82, 2.24) is 0 Å². The third kappa shape index (κ3) is 1.68. The van der Waals surface area contributed by atoms with Crippen LogP contribution in [0.1, 0.15) is 29.6 Å². The minimum Gasteiger partial charge on any atom is -0.465 e. The van der Waals surface area contributed by atoms with Gasteiger partial charge in [-0.25, -0.2) is 4.79 Å². The van der Waals surface area contributed by atoms with Crippen LogP contribution < -0.4 is 4.90 Å². The number of benzene rings is 1. The number of fused-ring (bicyclic) bond motifs is 5. The fourth-order valence-corrected chi connectivity index (χ4v) is 4.53. The Morgan fingerprint density at radius 1 is 1.05 bits per heavy atom. The average molecular weight is 299 g/mol. The number of amides is 2. The second kappa shape index (κ2) is 4.66. The molecule has 3 aliphatic rings. The molecular weight excluding hydrogens is 282 g/mol. The van der Waals surface area contributed by atoms with Crippen LogP contribution in [0.15, 0.2) is 24.3 Å². The van der Waals surface area contributed by atoms with Gasteiger partial charge in [0.05, 0.1) is 30.2 Å². The van der Waals surface area contributed by atoms with E-state index in [9.17, 15) is 14.4 Å². The van der Waals surface area contributed by atoms with E-state index in [4.69, 9.17) is 0 Å². The second-order valence-electron chi connectivity index (χ2n) is 6.44. The van der Waals surface area contributed by atoms with Crippen LogP contribution >= 0.6 is 0 Å². The van der Waals surface area contributed by atoms with Crippen molar-refractivity contribution in [3.63, 3.8) is 0 Å². The van der Waals surface area contributed by atoms with Crippen LogP contribution in [0.2, 0.25) is 0 Å². The van der Waals surface area contributed by atoms with E-state index < -0.39 is 5.97 Å². The Morgan fingerprint density at radius 2 is 1.59 bits per heavy atom. The standard InChI is InChI=1S/C17H17NO4/c1-22-17(21)9-4-6-12(7-5-9)18-15(19)13-10-2-3-11(8-10)14(13)16(18)20/h4-7,10-11,13-14H,2-3,8H2,1H3/t10-,11+,13-,14-/m0/s1. The summed E-state index contributed by atoms with van der Waals surface area (Å²) in [6.45, 7) is 0. The Balaban J connectivity index is 1.64. The molecule has 2 amide bonds. The fourth-order valence-electron chi connectivity index (χ4n) is 4.53. The summed E-state index contributed by atoms with van der Waals surface area (Å²) in [5.74, 6) is -0.0313. The lowest BCUT2D eigenvalue weighted by Crippen LogP contribution is -2.32. The summed E-state index contributed by atoms with van der Waals surface area (Å²) in [6.07, 6.45) is 3.17. The molecule has 114 valence electrons. The number of nitrogens with zero attached hydrogens (tertiary/aromatic N) is 1. The molecule has 5 nitrogen and oxygen atoms in total. The first-order valence-corrected chi connectivity index (χ1v) is 7.68. The summed E-state index contributed by atoms with van der Waals surface area (Å²) in [4.78, 5) is 38.1. The number of methoxy groups -OCH3 is 1. The van der Waals surface area contributed by atoms with E-state index in [0.717, 1.165) is 19.3 Å². The third-order valence-electron chi connectivity index (χ3n) is 5.47. The van der Waals surface area contributed by atoms with Crippen molar-refractivity contribution in [2.45, 2.75) is 19.3 Å². The van der Waals surface area contributed by atoms with Gasteiger partial charge in [-0.1, -0.05) is 0 Å². The molecular formula is C17H17NO4. The van der Waals surface area contributed by atoms with Gasteiger partial charge in [0, 0.05) is 0 Å². The van der Waals surface area contributed by atoms with E-state index in [1.54, 1.807) is 24.3 Å². The summed E-state index contributed by atoms with van der Waals surface area (Å²) < 4.78 is 4.65. The van der Waals surface area contributed by atoms with E-state index >= 15 is 0 Å². The number of hydrogen-bond acceptors (Lipinski definition) is 4. The van der Waals surface area contributed by atoms with Crippen LogP contribution in [0, 0.1) is 23.7 Å². The Labute approximate surface area is 128 Å². The molecule has 0 aromatic heterocycles. The Morgan fingerprint density at radius 3 is 2.09 bits per heavy atom. The first-order valence-electron chi connectivity index (χ1n) is 7.68. The van der Waals surface area contributed by atoms with Gasteiger partial charge in [0.15, 0.2) is 0 Å². The molecule has 4 atom stereocenters. The molecule has 0 N–H and O–H groups in total. The van der Waals surface area contributed by atoms with Crippen molar-refractivity contribution in [2.75, 3.05) is 12.0 Å². The second-order valence-corrected chi connectivity index (χ2v) is 6.44. The first kappa shape index (κ1) is 13.5. The van der Waals surface area contributed by atoms with Crippen LogP contribution in [0.4, 0.5) is 5.69 Å². The zero-order valence-electron chi connectivity index (χ0n) is 12.3. The first-order chi connectivity index (χ1) is 10.6. The average Bonchev–Trinajstić information content (AvgIpc) is 3.21. The Bertz CT molecular complexity index is 638. The lowest BCUT2D eigenvalue weighted by Gasteiger charge is -2.19. The lowest BCUT2D eigenvalue weighted by molar-refractivity contribution is -0.123. The van der Waals surface area contributed by atoms with Gasteiger partial charge >= 0.3 is 5.97 Å². The monoisotopic (exact) mass is 299 g/mol. The maximum Gasteiger partial charge on any atom is 0.337 e. The predicted octanol–water partition coefficient (Wildman–Crippen LogP) is 2.01. The molecule has 1 heterocycles. The number of imide groups is 1. The number of rotatable bonds is 2. The zero-order valence-corrected chi connectivity index (χ0v) is 12.3. The topological polar surface area (TPSA) is 63.7 Å².